The molecular formula is C27H29NO5. The quantitative estimate of drug-likeness (QED) is 0.468. The van der Waals surface area contributed by atoms with Gasteiger partial charge in [-0.15, -0.1) is 0 Å². The highest BCUT2D eigenvalue weighted by atomic mass is 16.5. The lowest BCUT2D eigenvalue weighted by atomic mass is 10.2. The Morgan fingerprint density at radius 3 is 2.18 bits per heavy atom. The van der Waals surface area contributed by atoms with Crippen LogP contribution >= 0.6 is 0 Å². The molecule has 0 bridgehead atoms. The Hall–Kier alpha value is -3.51. The average molecular weight is 448 g/mol. The van der Waals surface area contributed by atoms with Crippen molar-refractivity contribution in [3.8, 4) is 17.2 Å². The SMILES string of the molecule is O=C(COc1ccc(OCc2ccccc2)cc1)NCc1ccc(OCC2CCCO2)cc1. The molecular weight excluding hydrogens is 418 g/mol. The number of ether oxygens (including phenoxy) is 4. The van der Waals surface area contributed by atoms with E-state index in [2.05, 4.69) is 5.32 Å². The molecule has 172 valence electrons. The van der Waals surface area contributed by atoms with Gasteiger partial charge in [-0.05, 0) is 60.4 Å². The first-order chi connectivity index (χ1) is 16.2. The molecule has 1 saturated heterocycles. The predicted molar refractivity (Wildman–Crippen MR) is 125 cm³/mol. The molecule has 4 rings (SSSR count). The summed E-state index contributed by atoms with van der Waals surface area (Å²) in [4.78, 5) is 12.1. The van der Waals surface area contributed by atoms with Gasteiger partial charge in [0.05, 0.1) is 6.10 Å². The summed E-state index contributed by atoms with van der Waals surface area (Å²) >= 11 is 0. The Labute approximate surface area is 194 Å². The van der Waals surface area contributed by atoms with E-state index in [0.717, 1.165) is 42.1 Å². The molecule has 1 heterocycles. The van der Waals surface area contributed by atoms with E-state index in [1.54, 1.807) is 12.1 Å². The Kier molecular flexibility index (Phi) is 8.19. The zero-order valence-corrected chi connectivity index (χ0v) is 18.6. The monoisotopic (exact) mass is 447 g/mol. The fourth-order valence-electron chi connectivity index (χ4n) is 3.44. The number of nitrogens with one attached hydrogen (secondary N) is 1. The van der Waals surface area contributed by atoms with Gasteiger partial charge in [0.15, 0.2) is 6.61 Å². The molecule has 1 N–H and O–H groups in total. The number of carbonyl (C=O) groups excluding carboxylic acids is 1. The van der Waals surface area contributed by atoms with Crippen LogP contribution in [0, 0.1) is 0 Å². The van der Waals surface area contributed by atoms with Gasteiger partial charge < -0.3 is 24.3 Å². The summed E-state index contributed by atoms with van der Waals surface area (Å²) < 4.78 is 22.7. The maximum atomic E-state index is 12.1. The summed E-state index contributed by atoms with van der Waals surface area (Å²) in [7, 11) is 0. The average Bonchev–Trinajstić information content (AvgIpc) is 3.39. The number of amides is 1. The maximum Gasteiger partial charge on any atom is 0.258 e. The molecule has 33 heavy (non-hydrogen) atoms. The summed E-state index contributed by atoms with van der Waals surface area (Å²) in [6.45, 7) is 2.29. The van der Waals surface area contributed by atoms with Crippen LogP contribution < -0.4 is 19.5 Å². The molecule has 0 spiro atoms. The lowest BCUT2D eigenvalue weighted by molar-refractivity contribution is -0.123. The third kappa shape index (κ3) is 7.54. The fraction of sp³-hybridized carbons (Fsp3) is 0.296. The Morgan fingerprint density at radius 1 is 0.818 bits per heavy atom. The minimum atomic E-state index is -0.182. The zero-order valence-electron chi connectivity index (χ0n) is 18.6. The van der Waals surface area contributed by atoms with E-state index >= 15 is 0 Å². The highest BCUT2D eigenvalue weighted by Crippen LogP contribution is 2.19. The number of rotatable bonds is 11. The first-order valence-electron chi connectivity index (χ1n) is 11.2. The van der Waals surface area contributed by atoms with Gasteiger partial charge in [0.2, 0.25) is 0 Å². The van der Waals surface area contributed by atoms with E-state index in [-0.39, 0.29) is 18.6 Å². The summed E-state index contributed by atoms with van der Waals surface area (Å²) in [5.74, 6) is 1.99. The van der Waals surface area contributed by atoms with Gasteiger partial charge in [-0.3, -0.25) is 4.79 Å². The summed E-state index contributed by atoms with van der Waals surface area (Å²) in [6, 6.07) is 24.9. The van der Waals surface area contributed by atoms with E-state index in [4.69, 9.17) is 18.9 Å². The third-order valence-electron chi connectivity index (χ3n) is 5.31. The number of hydrogen-bond acceptors (Lipinski definition) is 5. The molecule has 3 aromatic carbocycles. The second-order valence-electron chi connectivity index (χ2n) is 7.90. The van der Waals surface area contributed by atoms with Gasteiger partial charge in [0.1, 0.15) is 30.5 Å². The van der Waals surface area contributed by atoms with Crippen LogP contribution in [0.25, 0.3) is 0 Å². The van der Waals surface area contributed by atoms with Crippen molar-refractivity contribution in [1.29, 1.82) is 0 Å². The van der Waals surface area contributed by atoms with Crippen LogP contribution in [0.5, 0.6) is 17.2 Å². The van der Waals surface area contributed by atoms with E-state index < -0.39 is 0 Å². The van der Waals surface area contributed by atoms with Crippen LogP contribution in [0.2, 0.25) is 0 Å². The Bertz CT molecular complexity index is 983. The van der Waals surface area contributed by atoms with Gasteiger partial charge in [-0.2, -0.15) is 0 Å². The first kappa shape index (κ1) is 22.7. The van der Waals surface area contributed by atoms with Crippen molar-refractivity contribution in [1.82, 2.24) is 5.32 Å². The minimum absolute atomic E-state index is 0.0488. The second-order valence-corrected chi connectivity index (χ2v) is 7.90. The Morgan fingerprint density at radius 2 is 1.48 bits per heavy atom. The molecule has 0 saturated carbocycles. The normalized spacial score (nSPS) is 15.1. The van der Waals surface area contributed by atoms with E-state index in [1.165, 1.54) is 0 Å². The molecule has 1 aliphatic heterocycles. The molecule has 1 fully saturated rings. The second kappa shape index (κ2) is 11.9. The molecule has 6 heteroatoms. The number of carbonyl (C=O) groups is 1. The first-order valence-corrected chi connectivity index (χ1v) is 11.2. The standard InChI is InChI=1S/C27H29NO5/c29-27(28-17-21-8-10-23(11-9-21)32-19-26-7-4-16-30-26)20-33-25-14-12-24(13-15-25)31-18-22-5-2-1-3-6-22/h1-3,5-6,8-15,26H,4,7,16-20H2,(H,28,29). The minimum Gasteiger partial charge on any atom is -0.491 e. The van der Waals surface area contributed by atoms with Crippen molar-refractivity contribution in [2.45, 2.75) is 32.1 Å². The van der Waals surface area contributed by atoms with E-state index in [0.29, 0.717) is 25.5 Å². The molecule has 6 nitrogen and oxygen atoms in total. The smallest absolute Gasteiger partial charge is 0.258 e. The van der Waals surface area contributed by atoms with Crippen molar-refractivity contribution in [3.63, 3.8) is 0 Å². The summed E-state index contributed by atoms with van der Waals surface area (Å²) in [5, 5.41) is 2.87. The molecule has 1 amide bonds. The lowest BCUT2D eigenvalue weighted by Crippen LogP contribution is -2.28. The van der Waals surface area contributed by atoms with Gasteiger partial charge in [-0.25, -0.2) is 0 Å². The van der Waals surface area contributed by atoms with Gasteiger partial charge in [-0.1, -0.05) is 42.5 Å². The van der Waals surface area contributed by atoms with Crippen LogP contribution in [-0.2, 0) is 22.7 Å². The van der Waals surface area contributed by atoms with Crippen LogP contribution in [0.3, 0.4) is 0 Å². The third-order valence-corrected chi connectivity index (χ3v) is 5.31. The van der Waals surface area contributed by atoms with Crippen molar-refractivity contribution < 1.29 is 23.7 Å². The van der Waals surface area contributed by atoms with E-state index in [9.17, 15) is 4.79 Å². The molecule has 3 aromatic rings. The highest BCUT2D eigenvalue weighted by Gasteiger charge is 2.15. The van der Waals surface area contributed by atoms with Crippen molar-refractivity contribution in [3.05, 3.63) is 90.0 Å². The fourth-order valence-corrected chi connectivity index (χ4v) is 3.44. The van der Waals surface area contributed by atoms with Crippen molar-refractivity contribution >= 4 is 5.91 Å². The van der Waals surface area contributed by atoms with E-state index in [1.807, 2.05) is 66.7 Å². The van der Waals surface area contributed by atoms with Crippen LogP contribution in [0.4, 0.5) is 0 Å². The summed E-state index contributed by atoms with van der Waals surface area (Å²) in [6.07, 6.45) is 2.35. The van der Waals surface area contributed by atoms with Crippen LogP contribution in [0.15, 0.2) is 78.9 Å². The number of hydrogen-bond donors (Lipinski definition) is 1. The van der Waals surface area contributed by atoms with Gasteiger partial charge in [0.25, 0.3) is 5.91 Å². The molecule has 1 aliphatic rings. The largest absolute Gasteiger partial charge is 0.491 e. The predicted octanol–water partition coefficient (Wildman–Crippen LogP) is 4.52. The molecule has 0 radical (unpaired) electrons. The Balaban J connectivity index is 1.13. The topological polar surface area (TPSA) is 66.0 Å². The van der Waals surface area contributed by atoms with Crippen LogP contribution in [-0.4, -0.2) is 31.8 Å². The highest BCUT2D eigenvalue weighted by molar-refractivity contribution is 5.77. The molecule has 1 unspecified atom stereocenters. The van der Waals surface area contributed by atoms with Crippen LogP contribution in [0.1, 0.15) is 24.0 Å². The van der Waals surface area contributed by atoms with Gasteiger partial charge >= 0.3 is 0 Å². The van der Waals surface area contributed by atoms with Gasteiger partial charge in [0, 0.05) is 13.2 Å². The number of benzene rings is 3. The zero-order chi connectivity index (χ0) is 22.7. The molecule has 0 aliphatic carbocycles. The maximum absolute atomic E-state index is 12.1. The lowest BCUT2D eigenvalue weighted by Gasteiger charge is -2.12. The van der Waals surface area contributed by atoms with Crippen molar-refractivity contribution in [2.75, 3.05) is 19.8 Å². The molecule has 1 atom stereocenters. The summed E-state index contributed by atoms with van der Waals surface area (Å²) in [5.41, 5.74) is 2.10. The van der Waals surface area contributed by atoms with Crippen molar-refractivity contribution in [2.24, 2.45) is 0 Å². The molecule has 0 aromatic heterocycles.